The molecule has 3 fully saturated rings. The quantitative estimate of drug-likeness (QED) is 0.823. The third-order valence-corrected chi connectivity index (χ3v) is 6.47. The highest BCUT2D eigenvalue weighted by molar-refractivity contribution is 5.92. The molecule has 1 aromatic rings. The van der Waals surface area contributed by atoms with Gasteiger partial charge in [0.25, 0.3) is 0 Å². The van der Waals surface area contributed by atoms with E-state index in [1.165, 1.54) is 38.6 Å². The molecule has 1 heterocycles. The summed E-state index contributed by atoms with van der Waals surface area (Å²) in [6.07, 6.45) is 6.51. The van der Waals surface area contributed by atoms with E-state index in [1.807, 2.05) is 18.2 Å². The van der Waals surface area contributed by atoms with Gasteiger partial charge >= 0.3 is 0 Å². The van der Waals surface area contributed by atoms with Crippen molar-refractivity contribution in [1.29, 1.82) is 0 Å². The SMILES string of the molecule is CCO[C@@]1(c2cccc(C(N)=O)c2)[C@@H]2CCC[C@H]1CN(CC1CC1)C2.Cl. The summed E-state index contributed by atoms with van der Waals surface area (Å²) in [5.41, 5.74) is 7.04. The van der Waals surface area contributed by atoms with Crippen molar-refractivity contribution < 1.29 is 9.53 Å². The molecular weight excluding hydrogens is 348 g/mol. The van der Waals surface area contributed by atoms with Gasteiger partial charge in [0.05, 0.1) is 0 Å². The van der Waals surface area contributed by atoms with Gasteiger partial charge in [0.1, 0.15) is 5.60 Å². The first-order valence-corrected chi connectivity index (χ1v) is 9.90. The molecule has 5 heteroatoms. The lowest BCUT2D eigenvalue weighted by Crippen LogP contribution is -2.59. The fourth-order valence-corrected chi connectivity index (χ4v) is 5.28. The first-order valence-electron chi connectivity index (χ1n) is 9.90. The lowest BCUT2D eigenvalue weighted by atomic mass is 9.62. The molecule has 2 aliphatic carbocycles. The number of hydrogen-bond acceptors (Lipinski definition) is 3. The number of likely N-dealkylation sites (tertiary alicyclic amines) is 1. The Labute approximate surface area is 162 Å². The van der Waals surface area contributed by atoms with Crippen molar-refractivity contribution in [2.45, 2.75) is 44.6 Å². The average Bonchev–Trinajstić information content (AvgIpc) is 3.40. The van der Waals surface area contributed by atoms with Crippen molar-refractivity contribution in [3.63, 3.8) is 0 Å². The number of carbonyl (C=O) groups is 1. The minimum Gasteiger partial charge on any atom is -0.370 e. The molecule has 1 aromatic carbocycles. The van der Waals surface area contributed by atoms with Crippen LogP contribution in [0.15, 0.2) is 24.3 Å². The van der Waals surface area contributed by atoms with Crippen molar-refractivity contribution in [1.82, 2.24) is 4.90 Å². The lowest BCUT2D eigenvalue weighted by molar-refractivity contribution is -0.183. The Morgan fingerprint density at radius 1 is 1.23 bits per heavy atom. The number of nitrogens with two attached hydrogens (primary N) is 1. The maximum Gasteiger partial charge on any atom is 0.248 e. The van der Waals surface area contributed by atoms with Crippen molar-refractivity contribution >= 4 is 18.3 Å². The van der Waals surface area contributed by atoms with Gasteiger partial charge in [-0.1, -0.05) is 18.6 Å². The van der Waals surface area contributed by atoms with Crippen LogP contribution in [0.5, 0.6) is 0 Å². The van der Waals surface area contributed by atoms with E-state index in [9.17, 15) is 4.79 Å². The number of amides is 1. The number of ether oxygens (including phenoxy) is 1. The van der Waals surface area contributed by atoms with E-state index >= 15 is 0 Å². The molecule has 4 nitrogen and oxygen atoms in total. The second kappa shape index (κ2) is 7.87. The zero-order valence-electron chi connectivity index (χ0n) is 15.7. The molecule has 1 aliphatic heterocycles. The Hall–Kier alpha value is -1.10. The third kappa shape index (κ3) is 3.51. The van der Waals surface area contributed by atoms with Crippen LogP contribution < -0.4 is 5.73 Å². The van der Waals surface area contributed by atoms with E-state index < -0.39 is 0 Å². The van der Waals surface area contributed by atoms with Crippen LogP contribution in [0.25, 0.3) is 0 Å². The monoisotopic (exact) mass is 378 g/mol. The number of carbonyl (C=O) groups excluding carboxylic acids is 1. The summed E-state index contributed by atoms with van der Waals surface area (Å²) in [4.78, 5) is 14.4. The first-order chi connectivity index (χ1) is 12.1. The molecule has 2 N–H and O–H groups in total. The zero-order chi connectivity index (χ0) is 17.4. The molecule has 2 saturated carbocycles. The number of primary amides is 1. The minimum absolute atomic E-state index is 0. The van der Waals surface area contributed by atoms with E-state index in [2.05, 4.69) is 17.9 Å². The zero-order valence-corrected chi connectivity index (χ0v) is 16.5. The van der Waals surface area contributed by atoms with E-state index in [1.54, 1.807) is 0 Å². The fourth-order valence-electron chi connectivity index (χ4n) is 5.28. The number of fused-ring (bicyclic) bond motifs is 2. The Balaban J connectivity index is 0.00000196. The summed E-state index contributed by atoms with van der Waals surface area (Å²) in [6.45, 7) is 6.29. The smallest absolute Gasteiger partial charge is 0.248 e. The Morgan fingerprint density at radius 3 is 2.50 bits per heavy atom. The highest BCUT2D eigenvalue weighted by Crippen LogP contribution is 2.52. The van der Waals surface area contributed by atoms with Gasteiger partial charge in [0, 0.05) is 43.6 Å². The molecule has 3 aliphatic rings. The van der Waals surface area contributed by atoms with Crippen LogP contribution in [0.2, 0.25) is 0 Å². The van der Waals surface area contributed by atoms with Gasteiger partial charge in [0.15, 0.2) is 0 Å². The average molecular weight is 379 g/mol. The second-order valence-corrected chi connectivity index (χ2v) is 8.16. The third-order valence-electron chi connectivity index (χ3n) is 6.47. The number of nitrogens with zero attached hydrogens (tertiary/aromatic N) is 1. The molecule has 1 saturated heterocycles. The number of halogens is 1. The first kappa shape index (κ1) is 19.7. The summed E-state index contributed by atoms with van der Waals surface area (Å²) in [5.74, 6) is 1.58. The maximum absolute atomic E-state index is 11.7. The van der Waals surface area contributed by atoms with E-state index in [0.29, 0.717) is 24.0 Å². The van der Waals surface area contributed by atoms with Crippen molar-refractivity contribution in [2.24, 2.45) is 23.5 Å². The topological polar surface area (TPSA) is 55.6 Å². The number of benzene rings is 1. The van der Waals surface area contributed by atoms with Gasteiger partial charge in [-0.25, -0.2) is 0 Å². The van der Waals surface area contributed by atoms with Crippen molar-refractivity contribution in [2.75, 3.05) is 26.2 Å². The second-order valence-electron chi connectivity index (χ2n) is 8.16. The molecule has 26 heavy (non-hydrogen) atoms. The summed E-state index contributed by atoms with van der Waals surface area (Å²) < 4.78 is 6.55. The van der Waals surface area contributed by atoms with Gasteiger partial charge < -0.3 is 15.4 Å². The fraction of sp³-hybridized carbons (Fsp3) is 0.667. The Morgan fingerprint density at radius 2 is 1.92 bits per heavy atom. The van der Waals surface area contributed by atoms with Crippen LogP contribution in [-0.2, 0) is 10.3 Å². The van der Waals surface area contributed by atoms with Gasteiger partial charge in [0.2, 0.25) is 5.91 Å². The molecule has 0 spiro atoms. The van der Waals surface area contributed by atoms with E-state index in [-0.39, 0.29) is 23.9 Å². The molecular formula is C21H31ClN2O2. The summed E-state index contributed by atoms with van der Waals surface area (Å²) in [5, 5.41) is 0. The predicted octanol–water partition coefficient (Wildman–Crippen LogP) is 3.58. The standard InChI is InChI=1S/C21H30N2O2.ClH/c1-2-25-21(17-6-3-5-16(11-17)20(22)24)18-7-4-8-19(21)14-23(13-18)12-15-9-10-15;/h3,5-6,11,15,18-19H,2,4,7-10,12-14H2,1H3,(H2,22,24);1H/t18-,19+,21+;. The van der Waals surface area contributed by atoms with Crippen molar-refractivity contribution in [3.05, 3.63) is 35.4 Å². The van der Waals surface area contributed by atoms with Crippen LogP contribution in [0.1, 0.15) is 54.9 Å². The normalized spacial score (nSPS) is 31.3. The molecule has 0 unspecified atom stereocenters. The molecule has 1 amide bonds. The molecule has 2 bridgehead atoms. The van der Waals surface area contributed by atoms with Crippen LogP contribution in [0.3, 0.4) is 0 Å². The van der Waals surface area contributed by atoms with Crippen LogP contribution in [0, 0.1) is 17.8 Å². The minimum atomic E-state index is -0.357. The number of rotatable bonds is 6. The van der Waals surface area contributed by atoms with Gasteiger partial charge in [-0.15, -0.1) is 12.4 Å². The largest absolute Gasteiger partial charge is 0.370 e. The molecule has 0 aromatic heterocycles. The van der Waals surface area contributed by atoms with Crippen LogP contribution in [-0.4, -0.2) is 37.0 Å². The molecule has 4 rings (SSSR count). The summed E-state index contributed by atoms with van der Waals surface area (Å²) >= 11 is 0. The van der Waals surface area contributed by atoms with E-state index in [0.717, 1.165) is 24.6 Å². The number of piperidine rings is 1. The van der Waals surface area contributed by atoms with E-state index in [4.69, 9.17) is 10.5 Å². The van der Waals surface area contributed by atoms with Gasteiger partial charge in [-0.3, -0.25) is 4.79 Å². The summed E-state index contributed by atoms with van der Waals surface area (Å²) in [6, 6.07) is 7.90. The van der Waals surface area contributed by atoms with Gasteiger partial charge in [-0.05, 0) is 56.2 Å². The molecule has 144 valence electrons. The highest BCUT2D eigenvalue weighted by Gasteiger charge is 2.53. The Kier molecular flexibility index (Phi) is 5.95. The summed E-state index contributed by atoms with van der Waals surface area (Å²) in [7, 11) is 0. The molecule has 0 radical (unpaired) electrons. The lowest BCUT2D eigenvalue weighted by Gasteiger charge is -2.56. The van der Waals surface area contributed by atoms with Gasteiger partial charge in [-0.2, -0.15) is 0 Å². The van der Waals surface area contributed by atoms with Crippen molar-refractivity contribution in [3.8, 4) is 0 Å². The molecule has 3 atom stereocenters. The van der Waals surface area contributed by atoms with Crippen LogP contribution >= 0.6 is 12.4 Å². The van der Waals surface area contributed by atoms with Crippen LogP contribution in [0.4, 0.5) is 0 Å². The highest BCUT2D eigenvalue weighted by atomic mass is 35.5. The number of hydrogen-bond donors (Lipinski definition) is 1. The predicted molar refractivity (Wildman–Crippen MR) is 106 cm³/mol. The maximum atomic E-state index is 11.7. The Bertz CT molecular complexity index is 633.